The molecule has 0 spiro atoms. The van der Waals surface area contributed by atoms with Crippen molar-refractivity contribution in [3.05, 3.63) is 59.7 Å². The smallest absolute Gasteiger partial charge is 0.161 e. The third kappa shape index (κ3) is 2.94. The Kier molecular flexibility index (Phi) is 3.88. The van der Waals surface area contributed by atoms with E-state index in [-0.39, 0.29) is 6.04 Å². The summed E-state index contributed by atoms with van der Waals surface area (Å²) in [6.07, 6.45) is 1.90. The van der Waals surface area contributed by atoms with Crippen LogP contribution in [0.25, 0.3) is 0 Å². The Morgan fingerprint density at radius 2 is 1.70 bits per heavy atom. The molecule has 2 aromatic rings. The van der Waals surface area contributed by atoms with Crippen LogP contribution in [0.15, 0.2) is 48.5 Å². The lowest BCUT2D eigenvalue weighted by Crippen LogP contribution is -2.17. The summed E-state index contributed by atoms with van der Waals surface area (Å²) in [4.78, 5) is 0. The largest absolute Gasteiger partial charge is 0.486 e. The number of hydrogen-bond donors (Lipinski definition) is 1. The predicted octanol–water partition coefficient (Wildman–Crippen LogP) is 3.09. The van der Waals surface area contributed by atoms with Gasteiger partial charge in [0.1, 0.15) is 13.2 Å². The molecule has 3 heteroatoms. The Hall–Kier alpha value is -2.00. The molecule has 1 heterocycles. The van der Waals surface area contributed by atoms with Gasteiger partial charge in [0.2, 0.25) is 0 Å². The minimum absolute atomic E-state index is 0.0195. The van der Waals surface area contributed by atoms with Crippen molar-refractivity contribution in [3.8, 4) is 11.5 Å². The standard InChI is InChI=1S/C17H19NO2/c18-15(8-6-13-4-2-1-3-5-13)14-7-9-16-17(12-14)20-11-10-19-16/h1-5,7,9,12,15H,6,8,10-11,18H2. The third-order valence-corrected chi connectivity index (χ3v) is 3.58. The number of benzene rings is 2. The molecule has 0 fully saturated rings. The molecule has 3 nitrogen and oxygen atoms in total. The van der Waals surface area contributed by atoms with Gasteiger partial charge in [0, 0.05) is 6.04 Å². The molecule has 2 N–H and O–H groups in total. The number of rotatable bonds is 4. The number of hydrogen-bond acceptors (Lipinski definition) is 3. The fraction of sp³-hybridized carbons (Fsp3) is 0.294. The summed E-state index contributed by atoms with van der Waals surface area (Å²) in [5, 5.41) is 0. The van der Waals surface area contributed by atoms with Gasteiger partial charge in [-0.1, -0.05) is 36.4 Å². The Bertz CT molecular complexity index is 568. The molecule has 104 valence electrons. The van der Waals surface area contributed by atoms with Gasteiger partial charge >= 0.3 is 0 Å². The second-order valence-electron chi connectivity index (χ2n) is 5.03. The first-order valence-electron chi connectivity index (χ1n) is 7.02. The van der Waals surface area contributed by atoms with Crippen molar-refractivity contribution >= 4 is 0 Å². The van der Waals surface area contributed by atoms with Gasteiger partial charge in [-0.3, -0.25) is 0 Å². The Labute approximate surface area is 119 Å². The van der Waals surface area contributed by atoms with E-state index in [0.29, 0.717) is 13.2 Å². The molecule has 2 aromatic carbocycles. The van der Waals surface area contributed by atoms with Crippen molar-refractivity contribution < 1.29 is 9.47 Å². The molecule has 0 aromatic heterocycles. The zero-order chi connectivity index (χ0) is 13.8. The molecule has 0 saturated heterocycles. The summed E-state index contributed by atoms with van der Waals surface area (Å²) in [5.41, 5.74) is 8.70. The summed E-state index contributed by atoms with van der Waals surface area (Å²) in [6, 6.07) is 16.4. The van der Waals surface area contributed by atoms with Crippen LogP contribution in [0.5, 0.6) is 11.5 Å². The lowest BCUT2D eigenvalue weighted by Gasteiger charge is -2.20. The number of ether oxygens (including phenoxy) is 2. The molecular formula is C17H19NO2. The van der Waals surface area contributed by atoms with Crippen LogP contribution in [-0.4, -0.2) is 13.2 Å². The highest BCUT2D eigenvalue weighted by Crippen LogP contribution is 2.32. The summed E-state index contributed by atoms with van der Waals surface area (Å²) < 4.78 is 11.1. The second-order valence-corrected chi connectivity index (χ2v) is 5.03. The second kappa shape index (κ2) is 5.97. The maximum absolute atomic E-state index is 6.28. The Morgan fingerprint density at radius 1 is 0.950 bits per heavy atom. The summed E-state index contributed by atoms with van der Waals surface area (Å²) in [5.74, 6) is 1.62. The van der Waals surface area contributed by atoms with Crippen molar-refractivity contribution in [2.24, 2.45) is 5.73 Å². The van der Waals surface area contributed by atoms with Gasteiger partial charge in [0.25, 0.3) is 0 Å². The maximum Gasteiger partial charge on any atom is 0.161 e. The van der Waals surface area contributed by atoms with Gasteiger partial charge in [-0.2, -0.15) is 0 Å². The average molecular weight is 269 g/mol. The van der Waals surface area contributed by atoms with E-state index in [9.17, 15) is 0 Å². The lowest BCUT2D eigenvalue weighted by atomic mass is 9.99. The van der Waals surface area contributed by atoms with Gasteiger partial charge in [0.05, 0.1) is 0 Å². The molecule has 0 amide bonds. The number of nitrogens with two attached hydrogens (primary N) is 1. The first-order chi connectivity index (χ1) is 9.83. The molecule has 0 aliphatic carbocycles. The highest BCUT2D eigenvalue weighted by Gasteiger charge is 2.14. The van der Waals surface area contributed by atoms with E-state index in [0.717, 1.165) is 29.9 Å². The molecule has 0 radical (unpaired) electrons. The van der Waals surface area contributed by atoms with Crippen LogP contribution < -0.4 is 15.2 Å². The highest BCUT2D eigenvalue weighted by molar-refractivity contribution is 5.44. The van der Waals surface area contributed by atoms with Crippen molar-refractivity contribution in [3.63, 3.8) is 0 Å². The van der Waals surface area contributed by atoms with Gasteiger partial charge in [0.15, 0.2) is 11.5 Å². The predicted molar refractivity (Wildman–Crippen MR) is 79.1 cm³/mol. The van der Waals surface area contributed by atoms with Crippen LogP contribution in [0.1, 0.15) is 23.6 Å². The van der Waals surface area contributed by atoms with Crippen molar-refractivity contribution in [1.29, 1.82) is 0 Å². The monoisotopic (exact) mass is 269 g/mol. The van der Waals surface area contributed by atoms with E-state index in [2.05, 4.69) is 24.3 Å². The van der Waals surface area contributed by atoms with E-state index in [1.54, 1.807) is 0 Å². The van der Waals surface area contributed by atoms with Crippen molar-refractivity contribution in [2.75, 3.05) is 13.2 Å². The van der Waals surface area contributed by atoms with Crippen molar-refractivity contribution in [1.82, 2.24) is 0 Å². The zero-order valence-electron chi connectivity index (χ0n) is 11.4. The van der Waals surface area contributed by atoms with Gasteiger partial charge in [-0.25, -0.2) is 0 Å². The molecule has 0 bridgehead atoms. The first kappa shape index (κ1) is 13.0. The zero-order valence-corrected chi connectivity index (χ0v) is 11.4. The van der Waals surface area contributed by atoms with Crippen LogP contribution in [0.3, 0.4) is 0 Å². The maximum atomic E-state index is 6.28. The molecule has 1 aliphatic heterocycles. The quantitative estimate of drug-likeness (QED) is 0.927. The topological polar surface area (TPSA) is 44.5 Å². The minimum Gasteiger partial charge on any atom is -0.486 e. The van der Waals surface area contributed by atoms with E-state index in [4.69, 9.17) is 15.2 Å². The van der Waals surface area contributed by atoms with Gasteiger partial charge in [-0.05, 0) is 36.1 Å². The SMILES string of the molecule is NC(CCc1ccccc1)c1ccc2c(c1)OCCO2. The van der Waals surface area contributed by atoms with E-state index in [1.807, 2.05) is 24.3 Å². The van der Waals surface area contributed by atoms with Gasteiger partial charge in [-0.15, -0.1) is 0 Å². The van der Waals surface area contributed by atoms with E-state index in [1.165, 1.54) is 5.56 Å². The van der Waals surface area contributed by atoms with E-state index < -0.39 is 0 Å². The van der Waals surface area contributed by atoms with Crippen LogP contribution in [0.2, 0.25) is 0 Å². The average Bonchev–Trinajstić information content (AvgIpc) is 2.53. The lowest BCUT2D eigenvalue weighted by molar-refractivity contribution is 0.171. The summed E-state index contributed by atoms with van der Waals surface area (Å²) >= 11 is 0. The number of aryl methyl sites for hydroxylation is 1. The van der Waals surface area contributed by atoms with Crippen molar-refractivity contribution in [2.45, 2.75) is 18.9 Å². The molecule has 0 saturated carbocycles. The first-order valence-corrected chi connectivity index (χ1v) is 7.02. The number of fused-ring (bicyclic) bond motifs is 1. The van der Waals surface area contributed by atoms with Crippen LogP contribution in [0, 0.1) is 0 Å². The fourth-order valence-corrected chi connectivity index (χ4v) is 2.42. The Morgan fingerprint density at radius 3 is 2.50 bits per heavy atom. The fourth-order valence-electron chi connectivity index (χ4n) is 2.42. The highest BCUT2D eigenvalue weighted by atomic mass is 16.6. The molecule has 1 unspecified atom stereocenters. The Balaban J connectivity index is 1.66. The van der Waals surface area contributed by atoms with Crippen LogP contribution >= 0.6 is 0 Å². The summed E-state index contributed by atoms with van der Waals surface area (Å²) in [7, 11) is 0. The molecular weight excluding hydrogens is 250 g/mol. The molecule has 20 heavy (non-hydrogen) atoms. The van der Waals surface area contributed by atoms with Gasteiger partial charge < -0.3 is 15.2 Å². The third-order valence-electron chi connectivity index (χ3n) is 3.58. The molecule has 1 aliphatic rings. The van der Waals surface area contributed by atoms with Crippen LogP contribution in [0.4, 0.5) is 0 Å². The molecule has 1 atom stereocenters. The van der Waals surface area contributed by atoms with E-state index >= 15 is 0 Å². The normalized spacial score (nSPS) is 14.8. The minimum atomic E-state index is 0.0195. The van der Waals surface area contributed by atoms with Crippen LogP contribution in [-0.2, 0) is 6.42 Å². The summed E-state index contributed by atoms with van der Waals surface area (Å²) in [6.45, 7) is 1.22. The molecule has 3 rings (SSSR count).